The van der Waals surface area contributed by atoms with Crippen molar-refractivity contribution in [3.8, 4) is 0 Å². The Morgan fingerprint density at radius 3 is 1.31 bits per heavy atom. The predicted molar refractivity (Wildman–Crippen MR) is 162 cm³/mol. The Hall–Kier alpha value is 3.83. The minimum atomic E-state index is -1.50. The molecule has 0 nitrogen and oxygen atoms in total. The fourth-order valence-electron chi connectivity index (χ4n) is 7.34. The van der Waals surface area contributed by atoms with Crippen molar-refractivity contribution in [2.45, 2.75) is 64.1 Å². The molecule has 0 amide bonds. The molecule has 6 rings (SSSR count). The van der Waals surface area contributed by atoms with Crippen LogP contribution in [-0.4, -0.2) is 44.3 Å². The van der Waals surface area contributed by atoms with Crippen LogP contribution in [0.5, 0.6) is 0 Å². The SMILES string of the molecule is CC1C2[C@@H](C[C@H]1Cl)[C@@]1(Cl)C(Cl)=C(Cl)C2(Cl)C1(Cl)Cl.ClC1=C(Cl)[C@]2(Cl)[C@@H]3C[C@H](Cl)C(Cl)C3C1(Cl)C2(Cl)Cl. The molecule has 204 valence electrons. The van der Waals surface area contributed by atoms with Crippen molar-refractivity contribution in [3.05, 3.63) is 20.1 Å². The lowest BCUT2D eigenvalue weighted by Gasteiger charge is -2.36. The lowest BCUT2D eigenvalue weighted by atomic mass is 9.81. The van der Waals surface area contributed by atoms with Crippen LogP contribution in [0.2, 0.25) is 0 Å². The van der Waals surface area contributed by atoms with Crippen LogP contribution in [0.4, 0.5) is 0 Å². The fourth-order valence-corrected chi connectivity index (χ4v) is 14.8. The van der Waals surface area contributed by atoms with Crippen LogP contribution in [0.25, 0.3) is 0 Å². The summed E-state index contributed by atoms with van der Waals surface area (Å²) in [5.74, 6) is -0.481. The molecule has 15 heteroatoms. The first-order valence-electron chi connectivity index (χ1n) is 10.8. The molecule has 0 saturated heterocycles. The molecular formula is C21H15Cl15. The predicted octanol–water partition coefficient (Wildman–Crippen LogP) is 11.4. The Morgan fingerprint density at radius 1 is 0.528 bits per heavy atom. The van der Waals surface area contributed by atoms with Crippen molar-refractivity contribution in [1.82, 2.24) is 0 Å². The van der Waals surface area contributed by atoms with E-state index in [9.17, 15) is 0 Å². The van der Waals surface area contributed by atoms with Crippen LogP contribution in [0.1, 0.15) is 19.8 Å². The van der Waals surface area contributed by atoms with E-state index in [1.165, 1.54) is 0 Å². The highest BCUT2D eigenvalue weighted by atomic mass is 35.5. The molecular weight excluding hydrogens is 784 g/mol. The van der Waals surface area contributed by atoms with Gasteiger partial charge in [0, 0.05) is 11.3 Å². The topological polar surface area (TPSA) is 0 Å². The molecule has 0 heterocycles. The molecule has 36 heavy (non-hydrogen) atoms. The van der Waals surface area contributed by atoms with Gasteiger partial charge in [0.1, 0.15) is 19.5 Å². The first-order chi connectivity index (χ1) is 16.2. The van der Waals surface area contributed by atoms with E-state index in [1.54, 1.807) is 0 Å². The molecule has 6 aliphatic rings. The van der Waals surface area contributed by atoms with Crippen molar-refractivity contribution in [3.63, 3.8) is 0 Å². The van der Waals surface area contributed by atoms with Crippen LogP contribution in [-0.2, 0) is 0 Å². The molecule has 0 radical (unpaired) electrons. The summed E-state index contributed by atoms with van der Waals surface area (Å²) in [5.41, 5.74) is 0. The summed E-state index contributed by atoms with van der Waals surface area (Å²) in [6.07, 6.45) is 1.24. The molecule has 0 aliphatic heterocycles. The monoisotopic (exact) mass is 792 g/mol. The second kappa shape index (κ2) is 9.17. The number of hydrogen-bond donors (Lipinski definition) is 0. The maximum Gasteiger partial charge on any atom is 0.166 e. The van der Waals surface area contributed by atoms with Crippen molar-refractivity contribution < 1.29 is 0 Å². The maximum atomic E-state index is 6.70. The summed E-state index contributed by atoms with van der Waals surface area (Å²) in [6, 6.07) is 0. The van der Waals surface area contributed by atoms with Gasteiger partial charge >= 0.3 is 0 Å². The van der Waals surface area contributed by atoms with E-state index >= 15 is 0 Å². The molecule has 6 aliphatic carbocycles. The van der Waals surface area contributed by atoms with Crippen molar-refractivity contribution in [2.75, 3.05) is 0 Å². The number of hydrogen-bond acceptors (Lipinski definition) is 0. The highest BCUT2D eigenvalue weighted by molar-refractivity contribution is 6.67. The van der Waals surface area contributed by atoms with E-state index < -0.39 is 33.5 Å². The minimum absolute atomic E-state index is 0.0206. The second-order valence-corrected chi connectivity index (χ2v) is 18.5. The maximum absolute atomic E-state index is 6.70. The third kappa shape index (κ3) is 3.14. The standard InChI is InChI=1S/C11H9Cl7.C10H6Cl8/c1-3-5(12)2-4-6(3)10(16)8(14)7(13)9(4,15)11(10,17)18;11-3-1-2-4(5(3)12)9(16)7(14)6(13)8(2,15)10(9,17)18/h3-6H,2H2,1H3;2-5H,1H2/t3?,4-,5-,6?,9-,10?;2-,3+,4?,5?,8-,9?/m11/s1. The molecule has 0 N–H and O–H groups in total. The quantitative estimate of drug-likeness (QED) is 0.214. The molecule has 4 saturated carbocycles. The van der Waals surface area contributed by atoms with Gasteiger partial charge in [-0.2, -0.15) is 0 Å². The van der Waals surface area contributed by atoms with E-state index in [1.807, 2.05) is 6.92 Å². The number of allylic oxidation sites excluding steroid dienone is 4. The van der Waals surface area contributed by atoms with E-state index in [0.717, 1.165) is 0 Å². The largest absolute Gasteiger partial charge is 0.166 e. The molecule has 0 aromatic carbocycles. The molecule has 0 spiro atoms. The minimum Gasteiger partial charge on any atom is -0.123 e. The Kier molecular flexibility index (Phi) is 7.97. The summed E-state index contributed by atoms with van der Waals surface area (Å²) >= 11 is 96.2. The van der Waals surface area contributed by atoms with Gasteiger partial charge in [-0.05, 0) is 36.5 Å². The van der Waals surface area contributed by atoms with Gasteiger partial charge in [0.05, 0.1) is 30.9 Å². The van der Waals surface area contributed by atoms with Gasteiger partial charge in [0.25, 0.3) is 0 Å². The number of alkyl halides is 11. The van der Waals surface area contributed by atoms with Crippen LogP contribution < -0.4 is 0 Å². The average Bonchev–Trinajstić information content (AvgIpc) is 3.41. The normalized spacial score (nSPS) is 57.3. The number of fused-ring (bicyclic) bond motifs is 10. The lowest BCUT2D eigenvalue weighted by molar-refractivity contribution is 0.320. The third-order valence-corrected chi connectivity index (χ3v) is 19.5. The van der Waals surface area contributed by atoms with Crippen molar-refractivity contribution >= 4 is 174 Å². The summed E-state index contributed by atoms with van der Waals surface area (Å²) in [7, 11) is 0. The lowest BCUT2D eigenvalue weighted by Crippen LogP contribution is -2.47. The van der Waals surface area contributed by atoms with E-state index in [4.69, 9.17) is 174 Å². The van der Waals surface area contributed by atoms with Crippen LogP contribution in [0, 0.1) is 29.6 Å². The Balaban J connectivity index is 0.000000148. The summed E-state index contributed by atoms with van der Waals surface area (Å²) in [6.45, 7) is 2.02. The van der Waals surface area contributed by atoms with Crippen LogP contribution >= 0.6 is 174 Å². The molecule has 4 bridgehead atoms. The molecule has 0 aromatic heterocycles. The molecule has 12 atom stereocenters. The molecule has 6 unspecified atom stereocenters. The zero-order chi connectivity index (χ0) is 27.3. The van der Waals surface area contributed by atoms with Gasteiger partial charge in [-0.3, -0.25) is 0 Å². The van der Waals surface area contributed by atoms with Gasteiger partial charge in [-0.1, -0.05) is 99.7 Å². The Bertz CT molecular complexity index is 1000. The van der Waals surface area contributed by atoms with E-state index in [-0.39, 0.29) is 60.5 Å². The van der Waals surface area contributed by atoms with Gasteiger partial charge in [0.15, 0.2) is 8.67 Å². The van der Waals surface area contributed by atoms with Gasteiger partial charge in [0.2, 0.25) is 0 Å². The molecule has 4 fully saturated rings. The van der Waals surface area contributed by atoms with E-state index in [0.29, 0.717) is 12.8 Å². The first-order valence-corrected chi connectivity index (χ1v) is 16.6. The Morgan fingerprint density at radius 2 is 0.861 bits per heavy atom. The zero-order valence-corrected chi connectivity index (χ0v) is 29.0. The van der Waals surface area contributed by atoms with Gasteiger partial charge in [-0.25, -0.2) is 0 Å². The fraction of sp³-hybridized carbons (Fsp3) is 0.810. The third-order valence-electron chi connectivity index (χ3n) is 9.08. The van der Waals surface area contributed by atoms with Crippen LogP contribution in [0.3, 0.4) is 0 Å². The van der Waals surface area contributed by atoms with Crippen molar-refractivity contribution in [1.29, 1.82) is 0 Å². The van der Waals surface area contributed by atoms with Crippen molar-refractivity contribution in [2.24, 2.45) is 29.6 Å². The van der Waals surface area contributed by atoms with Crippen LogP contribution in [0.15, 0.2) is 20.1 Å². The number of rotatable bonds is 0. The second-order valence-electron chi connectivity index (χ2n) is 10.3. The Labute approximate surface area is 284 Å². The summed E-state index contributed by atoms with van der Waals surface area (Å²) in [5, 5.41) is 0.257. The smallest absolute Gasteiger partial charge is 0.123 e. The highest BCUT2D eigenvalue weighted by Crippen LogP contribution is 2.81. The summed E-state index contributed by atoms with van der Waals surface area (Å²) in [4.78, 5) is -4.79. The first kappa shape index (κ1) is 31.3. The summed E-state index contributed by atoms with van der Waals surface area (Å²) < 4.78 is -2.92. The molecule has 0 aromatic rings. The average molecular weight is 799 g/mol. The van der Waals surface area contributed by atoms with E-state index in [2.05, 4.69) is 0 Å². The van der Waals surface area contributed by atoms with Gasteiger partial charge < -0.3 is 0 Å². The number of halogens is 15. The highest BCUT2D eigenvalue weighted by Gasteiger charge is 2.85. The zero-order valence-electron chi connectivity index (χ0n) is 17.7. The van der Waals surface area contributed by atoms with Gasteiger partial charge in [-0.15, -0.1) is 81.2 Å².